The third-order valence-corrected chi connectivity index (χ3v) is 5.74. The molecule has 0 aliphatic carbocycles. The number of carbonyl (C=O) groups excluding carboxylic acids is 1. The third-order valence-electron chi connectivity index (χ3n) is 3.51. The average Bonchev–Trinajstić information content (AvgIpc) is 3.06. The lowest BCUT2D eigenvalue weighted by molar-refractivity contribution is -0.113. The molecule has 24 heavy (non-hydrogen) atoms. The molecule has 0 aliphatic rings. The van der Waals surface area contributed by atoms with E-state index < -0.39 is 0 Å². The molecule has 0 unspecified atom stereocenters. The molecular weight excluding hydrogens is 364 g/mol. The van der Waals surface area contributed by atoms with Gasteiger partial charge in [-0.05, 0) is 37.6 Å². The first kappa shape index (κ1) is 16.8. The van der Waals surface area contributed by atoms with Gasteiger partial charge in [0.25, 0.3) is 0 Å². The Morgan fingerprint density at radius 1 is 1.50 bits per heavy atom. The predicted molar refractivity (Wildman–Crippen MR) is 99.0 cm³/mol. The van der Waals surface area contributed by atoms with Crippen LogP contribution in [0.5, 0.6) is 0 Å². The summed E-state index contributed by atoms with van der Waals surface area (Å²) in [6.07, 6.45) is 0. The molecule has 0 bridgehead atoms. The first-order valence-corrected chi connectivity index (χ1v) is 9.24. The number of fused-ring (bicyclic) bond motifs is 1. The van der Waals surface area contributed by atoms with Crippen LogP contribution in [0.25, 0.3) is 11.0 Å². The largest absolute Gasteiger partial charge is 0.333 e. The minimum Gasteiger partial charge on any atom is -0.333 e. The number of aromatic nitrogens is 2. The molecule has 1 aromatic carbocycles. The second-order valence-corrected chi connectivity index (χ2v) is 7.76. The molecule has 0 saturated heterocycles. The molecular formula is C16H13ClN4OS2. The smallest absolute Gasteiger partial charge is 0.235 e. The molecule has 3 aromatic rings. The molecule has 0 aliphatic heterocycles. The van der Waals surface area contributed by atoms with Gasteiger partial charge in [-0.25, -0.2) is 4.98 Å². The van der Waals surface area contributed by atoms with Crippen molar-refractivity contribution in [2.24, 2.45) is 0 Å². The molecule has 0 spiro atoms. The Morgan fingerprint density at radius 3 is 3.04 bits per heavy atom. The monoisotopic (exact) mass is 376 g/mol. The van der Waals surface area contributed by atoms with Gasteiger partial charge in [-0.15, -0.1) is 11.3 Å². The number of hydrogen-bond donors (Lipinski definition) is 2. The number of nitriles is 1. The van der Waals surface area contributed by atoms with E-state index in [1.807, 2.05) is 19.9 Å². The Labute approximate surface area is 152 Å². The molecule has 0 saturated carbocycles. The van der Waals surface area contributed by atoms with Gasteiger partial charge in [-0.2, -0.15) is 5.26 Å². The van der Waals surface area contributed by atoms with Crippen LogP contribution in [-0.2, 0) is 4.79 Å². The second kappa shape index (κ2) is 6.85. The molecule has 122 valence electrons. The highest BCUT2D eigenvalue weighted by atomic mass is 35.5. The minimum atomic E-state index is -0.170. The maximum Gasteiger partial charge on any atom is 0.235 e. The van der Waals surface area contributed by atoms with E-state index in [4.69, 9.17) is 11.6 Å². The van der Waals surface area contributed by atoms with Crippen molar-refractivity contribution in [2.75, 3.05) is 11.1 Å². The van der Waals surface area contributed by atoms with Gasteiger partial charge in [-0.3, -0.25) is 4.79 Å². The summed E-state index contributed by atoms with van der Waals surface area (Å²) in [4.78, 5) is 20.7. The summed E-state index contributed by atoms with van der Waals surface area (Å²) in [5.74, 6) is 0.0326. The van der Waals surface area contributed by atoms with Crippen LogP contribution in [0.2, 0.25) is 5.02 Å². The highest BCUT2D eigenvalue weighted by Crippen LogP contribution is 2.32. The number of benzene rings is 1. The third kappa shape index (κ3) is 3.41. The lowest BCUT2D eigenvalue weighted by Gasteiger charge is -2.02. The molecule has 3 rings (SSSR count). The van der Waals surface area contributed by atoms with E-state index in [0.717, 1.165) is 21.5 Å². The predicted octanol–water partition coefficient (Wildman–Crippen LogP) is 4.50. The number of imidazole rings is 1. The first-order chi connectivity index (χ1) is 11.5. The van der Waals surface area contributed by atoms with E-state index in [9.17, 15) is 10.1 Å². The van der Waals surface area contributed by atoms with Crippen molar-refractivity contribution in [2.45, 2.75) is 19.0 Å². The maximum absolute atomic E-state index is 12.1. The fourth-order valence-electron chi connectivity index (χ4n) is 2.17. The fourth-order valence-corrected chi connectivity index (χ4v) is 4.06. The van der Waals surface area contributed by atoms with Crippen molar-refractivity contribution < 1.29 is 4.79 Å². The van der Waals surface area contributed by atoms with Gasteiger partial charge in [0.2, 0.25) is 5.91 Å². The molecule has 1 amide bonds. The Morgan fingerprint density at radius 2 is 2.29 bits per heavy atom. The molecule has 2 aromatic heterocycles. The summed E-state index contributed by atoms with van der Waals surface area (Å²) in [7, 11) is 0. The van der Waals surface area contributed by atoms with Gasteiger partial charge < -0.3 is 10.3 Å². The maximum atomic E-state index is 12.1. The molecule has 0 radical (unpaired) electrons. The molecule has 8 heteroatoms. The second-order valence-electron chi connectivity index (χ2n) is 5.14. The minimum absolute atomic E-state index is 0.170. The standard InChI is InChI=1S/C16H13ClN4OS2/c1-8-9(2)24-15(11(8)6-18)21-14(22)7-23-16-19-12-4-3-10(17)5-13(12)20-16/h3-5H,7H2,1-2H3,(H,19,20)(H,21,22). The van der Waals surface area contributed by atoms with Crippen molar-refractivity contribution in [1.82, 2.24) is 9.97 Å². The van der Waals surface area contributed by atoms with E-state index in [1.165, 1.54) is 23.1 Å². The van der Waals surface area contributed by atoms with E-state index in [2.05, 4.69) is 21.4 Å². The lowest BCUT2D eigenvalue weighted by atomic mass is 10.2. The van der Waals surface area contributed by atoms with Crippen LogP contribution in [-0.4, -0.2) is 21.6 Å². The highest BCUT2D eigenvalue weighted by Gasteiger charge is 2.15. The zero-order chi connectivity index (χ0) is 17.3. The number of anilines is 1. The number of nitrogens with zero attached hydrogens (tertiary/aromatic N) is 2. The van der Waals surface area contributed by atoms with Crippen LogP contribution in [0, 0.1) is 25.2 Å². The van der Waals surface area contributed by atoms with Crippen molar-refractivity contribution in [3.8, 4) is 6.07 Å². The summed E-state index contributed by atoms with van der Waals surface area (Å²) in [6, 6.07) is 7.54. The summed E-state index contributed by atoms with van der Waals surface area (Å²) in [5, 5.41) is 13.9. The number of halogens is 1. The quantitative estimate of drug-likeness (QED) is 0.657. The number of amides is 1. The summed E-state index contributed by atoms with van der Waals surface area (Å²) in [6.45, 7) is 3.82. The zero-order valence-electron chi connectivity index (χ0n) is 12.9. The lowest BCUT2D eigenvalue weighted by Crippen LogP contribution is -2.14. The Kier molecular flexibility index (Phi) is 4.81. The van der Waals surface area contributed by atoms with Crippen molar-refractivity contribution in [3.05, 3.63) is 39.2 Å². The van der Waals surface area contributed by atoms with Gasteiger partial charge in [0.1, 0.15) is 11.1 Å². The number of rotatable bonds is 4. The number of carbonyl (C=O) groups is 1. The first-order valence-electron chi connectivity index (χ1n) is 7.06. The molecule has 0 atom stereocenters. The van der Waals surface area contributed by atoms with Gasteiger partial charge in [-0.1, -0.05) is 23.4 Å². The number of hydrogen-bond acceptors (Lipinski definition) is 5. The van der Waals surface area contributed by atoms with E-state index >= 15 is 0 Å². The van der Waals surface area contributed by atoms with Crippen molar-refractivity contribution in [1.29, 1.82) is 5.26 Å². The van der Waals surface area contributed by atoms with E-state index in [0.29, 0.717) is 20.7 Å². The number of H-pyrrole nitrogens is 1. The highest BCUT2D eigenvalue weighted by molar-refractivity contribution is 7.99. The summed E-state index contributed by atoms with van der Waals surface area (Å²) in [5.41, 5.74) is 3.09. The van der Waals surface area contributed by atoms with Crippen LogP contribution in [0.4, 0.5) is 5.00 Å². The SMILES string of the molecule is Cc1sc(NC(=O)CSc2nc3ccc(Cl)cc3[nH]2)c(C#N)c1C. The van der Waals surface area contributed by atoms with Crippen LogP contribution in [0.3, 0.4) is 0 Å². The Balaban J connectivity index is 1.67. The molecule has 2 N–H and O–H groups in total. The van der Waals surface area contributed by atoms with Crippen LogP contribution in [0.15, 0.2) is 23.4 Å². The number of nitrogens with one attached hydrogen (secondary N) is 2. The summed E-state index contributed by atoms with van der Waals surface area (Å²) < 4.78 is 0. The van der Waals surface area contributed by atoms with E-state index in [-0.39, 0.29) is 11.7 Å². The van der Waals surface area contributed by atoms with Gasteiger partial charge >= 0.3 is 0 Å². The van der Waals surface area contributed by atoms with Crippen molar-refractivity contribution in [3.63, 3.8) is 0 Å². The zero-order valence-corrected chi connectivity index (χ0v) is 15.3. The normalized spacial score (nSPS) is 10.8. The number of aryl methyl sites for hydroxylation is 1. The van der Waals surface area contributed by atoms with Gasteiger partial charge in [0, 0.05) is 9.90 Å². The summed E-state index contributed by atoms with van der Waals surface area (Å²) >= 11 is 8.67. The average molecular weight is 377 g/mol. The molecule has 2 heterocycles. The Hall–Kier alpha value is -2.01. The van der Waals surface area contributed by atoms with Crippen LogP contribution in [0.1, 0.15) is 16.0 Å². The number of thioether (sulfide) groups is 1. The van der Waals surface area contributed by atoms with Crippen LogP contribution >= 0.6 is 34.7 Å². The van der Waals surface area contributed by atoms with Crippen molar-refractivity contribution >= 4 is 56.6 Å². The topological polar surface area (TPSA) is 81.6 Å². The number of aromatic amines is 1. The molecule has 5 nitrogen and oxygen atoms in total. The van der Waals surface area contributed by atoms with Gasteiger partial charge in [0.05, 0.1) is 22.3 Å². The van der Waals surface area contributed by atoms with E-state index in [1.54, 1.807) is 12.1 Å². The van der Waals surface area contributed by atoms with Crippen LogP contribution < -0.4 is 5.32 Å². The fraction of sp³-hybridized carbons (Fsp3) is 0.188. The Bertz CT molecular complexity index is 971. The molecule has 0 fully saturated rings. The number of thiophene rings is 1. The van der Waals surface area contributed by atoms with Gasteiger partial charge in [0.15, 0.2) is 5.16 Å².